The first kappa shape index (κ1) is 19.6. The van der Waals surface area contributed by atoms with Crippen molar-refractivity contribution in [2.45, 2.75) is 13.1 Å². The van der Waals surface area contributed by atoms with Gasteiger partial charge >= 0.3 is 12.2 Å². The van der Waals surface area contributed by atoms with Gasteiger partial charge < -0.3 is 19.9 Å². The molecule has 0 aromatic heterocycles. The van der Waals surface area contributed by atoms with Gasteiger partial charge in [0.25, 0.3) is 5.91 Å². The van der Waals surface area contributed by atoms with Crippen molar-refractivity contribution in [1.29, 1.82) is 0 Å². The maximum Gasteiger partial charge on any atom is 0.417 e. The van der Waals surface area contributed by atoms with Gasteiger partial charge in [0.15, 0.2) is 11.5 Å². The van der Waals surface area contributed by atoms with E-state index in [9.17, 15) is 27.9 Å². The molecule has 0 saturated carbocycles. The average molecular weight is 350 g/mol. The molecule has 0 aliphatic carbocycles. The van der Waals surface area contributed by atoms with Crippen molar-refractivity contribution in [3.05, 3.63) is 23.3 Å². The van der Waals surface area contributed by atoms with Gasteiger partial charge in [-0.2, -0.15) is 13.2 Å². The van der Waals surface area contributed by atoms with Crippen molar-refractivity contribution in [3.63, 3.8) is 0 Å². The first-order valence-electron chi connectivity index (χ1n) is 6.85. The number of benzene rings is 1. The van der Waals surface area contributed by atoms with Crippen LogP contribution in [0.4, 0.5) is 18.0 Å². The van der Waals surface area contributed by atoms with Gasteiger partial charge in [-0.1, -0.05) is 0 Å². The fourth-order valence-electron chi connectivity index (χ4n) is 1.75. The van der Waals surface area contributed by atoms with Crippen LogP contribution in [0, 0.1) is 0 Å². The Morgan fingerprint density at radius 1 is 1.29 bits per heavy atom. The van der Waals surface area contributed by atoms with Crippen LogP contribution in [0.3, 0.4) is 0 Å². The molecule has 0 bridgehead atoms. The van der Waals surface area contributed by atoms with Gasteiger partial charge in [0, 0.05) is 13.2 Å². The lowest BCUT2D eigenvalue weighted by Crippen LogP contribution is -2.41. The molecule has 0 aliphatic rings. The average Bonchev–Trinajstić information content (AvgIpc) is 2.50. The molecule has 0 aliphatic heterocycles. The minimum atomic E-state index is -4.88. The molecule has 0 atom stereocenters. The Morgan fingerprint density at radius 2 is 1.96 bits per heavy atom. The Morgan fingerprint density at radius 3 is 2.50 bits per heavy atom. The number of methoxy groups -OCH3 is 1. The summed E-state index contributed by atoms with van der Waals surface area (Å²) in [6, 6.07) is 0.0879. The Bertz CT molecular complexity index is 605. The summed E-state index contributed by atoms with van der Waals surface area (Å²) in [4.78, 5) is 23.4. The Hall–Kier alpha value is -2.49. The third kappa shape index (κ3) is 5.30. The number of alkyl halides is 3. The molecule has 3 N–H and O–H groups in total. The standard InChI is InChI=1S/C14H17F3N2O5/c1-3-24-5-4-18-13(22)19-12(21)8-6-10(20)11(23-2)7-9(8)14(15,16)17/h6-7,20H,3-5H2,1-2H3,(H2,18,19,21,22). The lowest BCUT2D eigenvalue weighted by Gasteiger charge is -2.15. The third-order valence-electron chi connectivity index (χ3n) is 2.83. The molecule has 0 radical (unpaired) electrons. The summed E-state index contributed by atoms with van der Waals surface area (Å²) in [5.41, 5.74) is -2.24. The van der Waals surface area contributed by atoms with Gasteiger partial charge in [0.1, 0.15) is 0 Å². The van der Waals surface area contributed by atoms with Crippen LogP contribution in [0.1, 0.15) is 22.8 Å². The van der Waals surface area contributed by atoms with Crippen LogP contribution < -0.4 is 15.4 Å². The number of imide groups is 1. The Labute approximate surface area is 135 Å². The minimum Gasteiger partial charge on any atom is -0.504 e. The van der Waals surface area contributed by atoms with Crippen LogP contribution in [-0.4, -0.2) is 43.9 Å². The number of nitrogens with one attached hydrogen (secondary N) is 2. The van der Waals surface area contributed by atoms with E-state index in [1.54, 1.807) is 12.2 Å². The van der Waals surface area contributed by atoms with E-state index in [2.05, 4.69) is 10.1 Å². The molecule has 24 heavy (non-hydrogen) atoms. The molecule has 1 aromatic carbocycles. The molecule has 0 saturated heterocycles. The lowest BCUT2D eigenvalue weighted by molar-refractivity contribution is -0.138. The molecular weight excluding hydrogens is 333 g/mol. The molecule has 10 heteroatoms. The van der Waals surface area contributed by atoms with Crippen molar-refractivity contribution >= 4 is 11.9 Å². The van der Waals surface area contributed by atoms with Gasteiger partial charge in [0.05, 0.1) is 24.8 Å². The second-order valence-corrected chi connectivity index (χ2v) is 4.47. The van der Waals surface area contributed by atoms with Crippen LogP contribution in [0.15, 0.2) is 12.1 Å². The van der Waals surface area contributed by atoms with Crippen molar-refractivity contribution in [2.24, 2.45) is 0 Å². The molecule has 0 fully saturated rings. The van der Waals surface area contributed by atoms with Gasteiger partial charge in [-0.3, -0.25) is 10.1 Å². The largest absolute Gasteiger partial charge is 0.504 e. The number of hydrogen-bond acceptors (Lipinski definition) is 5. The number of hydrogen-bond donors (Lipinski definition) is 3. The van der Waals surface area contributed by atoms with E-state index >= 15 is 0 Å². The molecule has 0 spiro atoms. The van der Waals surface area contributed by atoms with E-state index in [0.29, 0.717) is 18.7 Å². The highest BCUT2D eigenvalue weighted by Crippen LogP contribution is 2.38. The van der Waals surface area contributed by atoms with Crippen LogP contribution in [0.2, 0.25) is 0 Å². The second kappa shape index (κ2) is 8.39. The molecule has 0 heterocycles. The summed E-state index contributed by atoms with van der Waals surface area (Å²) in [6.45, 7) is 2.45. The zero-order valence-electron chi connectivity index (χ0n) is 13.0. The summed E-state index contributed by atoms with van der Waals surface area (Å²) in [7, 11) is 1.07. The highest BCUT2D eigenvalue weighted by molar-refractivity contribution is 6.05. The molecule has 7 nitrogen and oxygen atoms in total. The lowest BCUT2D eigenvalue weighted by atomic mass is 10.0. The SMILES string of the molecule is CCOCCNC(=O)NC(=O)c1cc(O)c(OC)cc1C(F)(F)F. The van der Waals surface area contributed by atoms with E-state index < -0.39 is 40.7 Å². The fraction of sp³-hybridized carbons (Fsp3) is 0.429. The normalized spacial score (nSPS) is 11.0. The zero-order valence-corrected chi connectivity index (χ0v) is 13.0. The first-order valence-corrected chi connectivity index (χ1v) is 6.85. The highest BCUT2D eigenvalue weighted by Gasteiger charge is 2.37. The quantitative estimate of drug-likeness (QED) is 0.681. The molecule has 1 aromatic rings. The van der Waals surface area contributed by atoms with E-state index in [0.717, 1.165) is 7.11 Å². The first-order chi connectivity index (χ1) is 11.2. The summed E-state index contributed by atoms with van der Waals surface area (Å²) in [5.74, 6) is -2.42. The van der Waals surface area contributed by atoms with E-state index in [1.165, 1.54) is 0 Å². The Kier molecular flexibility index (Phi) is 6.83. The number of ether oxygens (including phenoxy) is 2. The molecular formula is C14H17F3N2O5. The van der Waals surface area contributed by atoms with Gasteiger partial charge in [-0.05, 0) is 19.1 Å². The van der Waals surface area contributed by atoms with Crippen LogP contribution in [-0.2, 0) is 10.9 Å². The number of amides is 3. The Balaban J connectivity index is 2.93. The molecule has 134 valence electrons. The minimum absolute atomic E-state index is 0.0763. The van der Waals surface area contributed by atoms with Crippen LogP contribution in [0.5, 0.6) is 11.5 Å². The van der Waals surface area contributed by atoms with E-state index in [-0.39, 0.29) is 13.2 Å². The van der Waals surface area contributed by atoms with Crippen molar-refractivity contribution in [2.75, 3.05) is 26.9 Å². The number of rotatable bonds is 6. The number of aromatic hydroxyl groups is 1. The van der Waals surface area contributed by atoms with E-state index in [4.69, 9.17) is 4.74 Å². The van der Waals surface area contributed by atoms with Gasteiger partial charge in [-0.25, -0.2) is 4.79 Å². The maximum absolute atomic E-state index is 13.0. The summed E-state index contributed by atoms with van der Waals surface area (Å²) in [6.07, 6.45) is -4.88. The summed E-state index contributed by atoms with van der Waals surface area (Å²) >= 11 is 0. The maximum atomic E-state index is 13.0. The number of urea groups is 1. The fourth-order valence-corrected chi connectivity index (χ4v) is 1.75. The number of phenols is 1. The number of carbonyl (C=O) groups excluding carboxylic acids is 2. The predicted octanol–water partition coefficient (Wildman–Crippen LogP) is 1.90. The molecule has 1 rings (SSSR count). The van der Waals surface area contributed by atoms with E-state index in [1.807, 2.05) is 0 Å². The third-order valence-corrected chi connectivity index (χ3v) is 2.83. The number of phenolic OH excluding ortho intramolecular Hbond substituents is 1. The van der Waals surface area contributed by atoms with Crippen LogP contribution >= 0.6 is 0 Å². The number of halogens is 3. The van der Waals surface area contributed by atoms with Gasteiger partial charge in [0.2, 0.25) is 0 Å². The molecule has 0 unspecified atom stereocenters. The van der Waals surface area contributed by atoms with Crippen LogP contribution in [0.25, 0.3) is 0 Å². The predicted molar refractivity (Wildman–Crippen MR) is 77.0 cm³/mol. The van der Waals surface area contributed by atoms with Gasteiger partial charge in [-0.15, -0.1) is 0 Å². The van der Waals surface area contributed by atoms with Crippen molar-refractivity contribution < 1.29 is 37.3 Å². The molecule has 3 amide bonds. The monoisotopic (exact) mass is 350 g/mol. The second-order valence-electron chi connectivity index (χ2n) is 4.47. The topological polar surface area (TPSA) is 96.9 Å². The number of carbonyl (C=O) groups is 2. The summed E-state index contributed by atoms with van der Waals surface area (Å²) < 4.78 is 48.7. The zero-order chi connectivity index (χ0) is 18.3. The summed E-state index contributed by atoms with van der Waals surface area (Å²) in [5, 5.41) is 13.6. The van der Waals surface area contributed by atoms with Crippen molar-refractivity contribution in [3.8, 4) is 11.5 Å². The highest BCUT2D eigenvalue weighted by atomic mass is 19.4. The smallest absolute Gasteiger partial charge is 0.417 e. The van der Waals surface area contributed by atoms with Crippen molar-refractivity contribution in [1.82, 2.24) is 10.6 Å².